The van der Waals surface area contributed by atoms with Crippen molar-refractivity contribution < 1.29 is 50.3 Å². The first-order valence-electron chi connectivity index (χ1n) is 15.1. The first-order chi connectivity index (χ1) is 23.1. The van der Waals surface area contributed by atoms with Crippen LogP contribution in [0.3, 0.4) is 0 Å². The number of ether oxygens (including phenoxy) is 2. The van der Waals surface area contributed by atoms with Crippen molar-refractivity contribution in [2.24, 2.45) is 0 Å². The predicted molar refractivity (Wildman–Crippen MR) is 181 cm³/mol. The standard InChI is InChI=1S/C40H25N5O2.2Pd/c1-26-8-5-18-41-38(26)28-10-3-12-30(22-28)46-32-14-16-34-35-17-15-33(25-37(35)45(36(34)24-32)40-43-20-7-21-44-40)47-31-13-4-11-29(23-31)39-27(2)9-6-19-42-39;;/h3-21H,1-2H3;;/q-4;2*+2. The maximum atomic E-state index is 6.30. The third-order valence-corrected chi connectivity index (χ3v) is 7.79. The average Bonchev–Trinajstić information content (AvgIpc) is 3.42. The molecule has 9 heteroatoms. The number of aryl methyl sites for hydroxylation is 2. The minimum Gasteiger partial charge on any atom is -0.503 e. The summed E-state index contributed by atoms with van der Waals surface area (Å²) < 4.78 is 14.5. The van der Waals surface area contributed by atoms with Crippen LogP contribution in [-0.4, -0.2) is 24.5 Å². The summed E-state index contributed by atoms with van der Waals surface area (Å²) in [6.07, 6.45) is 6.98. The number of benzene rings is 4. The van der Waals surface area contributed by atoms with Gasteiger partial charge in [0.05, 0.1) is 0 Å². The van der Waals surface area contributed by atoms with Gasteiger partial charge in [0.2, 0.25) is 5.95 Å². The second-order valence-corrected chi connectivity index (χ2v) is 11.0. The summed E-state index contributed by atoms with van der Waals surface area (Å²) >= 11 is 0. The van der Waals surface area contributed by atoms with Gasteiger partial charge in [0.25, 0.3) is 0 Å². The third kappa shape index (κ3) is 6.81. The molecule has 0 aliphatic rings. The summed E-state index contributed by atoms with van der Waals surface area (Å²) in [6.45, 7) is 4.06. The molecule has 4 heterocycles. The molecule has 7 nitrogen and oxygen atoms in total. The van der Waals surface area contributed by atoms with Crippen molar-refractivity contribution in [1.29, 1.82) is 0 Å². The molecule has 0 N–H and O–H groups in total. The van der Waals surface area contributed by atoms with Gasteiger partial charge in [-0.1, -0.05) is 46.4 Å². The number of rotatable bonds is 7. The Bertz CT molecular complexity index is 2270. The molecular formula is C40H25N5O2Pd2. The molecule has 0 amide bonds. The Kier molecular flexibility index (Phi) is 10.1. The second kappa shape index (κ2) is 14.6. The first kappa shape index (κ1) is 33.9. The van der Waals surface area contributed by atoms with Crippen LogP contribution in [0.1, 0.15) is 11.1 Å². The quantitative estimate of drug-likeness (QED) is 0.118. The average molecular weight is 821 g/mol. The van der Waals surface area contributed by atoms with Gasteiger partial charge in [-0.25, -0.2) is 9.97 Å². The zero-order valence-corrected chi connectivity index (χ0v) is 29.3. The van der Waals surface area contributed by atoms with E-state index in [4.69, 9.17) is 9.47 Å². The summed E-state index contributed by atoms with van der Waals surface area (Å²) in [5.74, 6) is 2.65. The van der Waals surface area contributed by atoms with Gasteiger partial charge in [-0.3, -0.25) is 0 Å². The van der Waals surface area contributed by atoms with Gasteiger partial charge in [-0.2, -0.15) is 22.9 Å². The molecule has 0 saturated heterocycles. The van der Waals surface area contributed by atoms with E-state index in [1.54, 1.807) is 30.9 Å². The van der Waals surface area contributed by atoms with Crippen LogP contribution in [-0.2, 0) is 40.8 Å². The van der Waals surface area contributed by atoms with Crippen LogP contribution in [0.15, 0.2) is 116 Å². The fraction of sp³-hybridized carbons (Fsp3) is 0.0500. The summed E-state index contributed by atoms with van der Waals surface area (Å²) in [4.78, 5) is 18.2. The molecule has 0 aliphatic heterocycles. The molecule has 0 saturated carbocycles. The minimum absolute atomic E-state index is 0. The molecule has 0 bridgehead atoms. The summed E-state index contributed by atoms with van der Waals surface area (Å²) in [6, 6.07) is 42.7. The smallest absolute Gasteiger partial charge is 0.503 e. The first-order valence-corrected chi connectivity index (χ1v) is 15.1. The van der Waals surface area contributed by atoms with Crippen molar-refractivity contribution in [3.63, 3.8) is 0 Å². The molecule has 8 rings (SSSR count). The monoisotopic (exact) mass is 819 g/mol. The zero-order valence-electron chi connectivity index (χ0n) is 26.2. The third-order valence-electron chi connectivity index (χ3n) is 7.79. The Morgan fingerprint density at radius 1 is 0.469 bits per heavy atom. The van der Waals surface area contributed by atoms with Crippen LogP contribution in [0.5, 0.6) is 23.0 Å². The van der Waals surface area contributed by atoms with E-state index in [1.165, 1.54) is 0 Å². The topological polar surface area (TPSA) is 75.0 Å². The molecule has 0 spiro atoms. The van der Waals surface area contributed by atoms with Crippen molar-refractivity contribution in [3.8, 4) is 51.5 Å². The maximum Gasteiger partial charge on any atom is 2.00 e. The van der Waals surface area contributed by atoms with E-state index in [0.717, 1.165) is 55.4 Å². The normalized spacial score (nSPS) is 10.7. The molecule has 0 radical (unpaired) electrons. The van der Waals surface area contributed by atoms with Crippen LogP contribution in [0.25, 0.3) is 50.3 Å². The molecule has 4 aromatic heterocycles. The Morgan fingerprint density at radius 3 is 1.39 bits per heavy atom. The van der Waals surface area contributed by atoms with Crippen LogP contribution < -0.4 is 9.47 Å². The molecule has 0 atom stereocenters. The van der Waals surface area contributed by atoms with Crippen molar-refractivity contribution >= 4 is 21.8 Å². The van der Waals surface area contributed by atoms with E-state index in [0.29, 0.717) is 28.9 Å². The number of pyridine rings is 2. The Morgan fingerprint density at radius 2 is 0.918 bits per heavy atom. The van der Waals surface area contributed by atoms with E-state index in [2.05, 4.69) is 44.2 Å². The second-order valence-electron chi connectivity index (χ2n) is 11.0. The van der Waals surface area contributed by atoms with Gasteiger partial charge in [0, 0.05) is 47.8 Å². The van der Waals surface area contributed by atoms with Crippen molar-refractivity contribution in [3.05, 3.63) is 151 Å². The summed E-state index contributed by atoms with van der Waals surface area (Å²) in [5.41, 5.74) is 7.06. The zero-order chi connectivity index (χ0) is 31.7. The number of hydrogen-bond acceptors (Lipinski definition) is 6. The van der Waals surface area contributed by atoms with Gasteiger partial charge >= 0.3 is 40.8 Å². The molecule has 242 valence electrons. The minimum atomic E-state index is 0. The van der Waals surface area contributed by atoms with Gasteiger partial charge in [-0.05, 0) is 43.4 Å². The maximum absolute atomic E-state index is 6.30. The summed E-state index contributed by atoms with van der Waals surface area (Å²) in [7, 11) is 0. The van der Waals surface area contributed by atoms with Crippen LogP contribution in [0.2, 0.25) is 0 Å². The van der Waals surface area contributed by atoms with Gasteiger partial charge in [0.15, 0.2) is 0 Å². The number of nitrogens with zero attached hydrogens (tertiary/aromatic N) is 5. The van der Waals surface area contributed by atoms with Crippen molar-refractivity contribution in [2.75, 3.05) is 0 Å². The largest absolute Gasteiger partial charge is 2.00 e. The van der Waals surface area contributed by atoms with Crippen molar-refractivity contribution in [1.82, 2.24) is 24.5 Å². The van der Waals surface area contributed by atoms with Gasteiger partial charge in [-0.15, -0.1) is 71.8 Å². The van der Waals surface area contributed by atoms with E-state index in [-0.39, 0.29) is 40.8 Å². The molecule has 8 aromatic rings. The molecule has 0 fully saturated rings. The Hall–Kier alpha value is -5.02. The van der Waals surface area contributed by atoms with Crippen LogP contribution in [0.4, 0.5) is 0 Å². The number of aromatic nitrogens is 5. The van der Waals surface area contributed by atoms with E-state index >= 15 is 0 Å². The fourth-order valence-corrected chi connectivity index (χ4v) is 5.62. The summed E-state index contributed by atoms with van der Waals surface area (Å²) in [5, 5.41) is 1.90. The molecule has 49 heavy (non-hydrogen) atoms. The van der Waals surface area contributed by atoms with E-state index < -0.39 is 0 Å². The van der Waals surface area contributed by atoms with E-state index in [1.807, 2.05) is 103 Å². The number of fused-ring (bicyclic) bond motifs is 3. The molecule has 0 aliphatic carbocycles. The van der Waals surface area contributed by atoms with Gasteiger partial charge in [0.1, 0.15) is 0 Å². The fourth-order valence-electron chi connectivity index (χ4n) is 5.62. The Labute approximate surface area is 311 Å². The molecule has 4 aromatic carbocycles. The molecule has 0 unspecified atom stereocenters. The van der Waals surface area contributed by atoms with Crippen LogP contribution in [0, 0.1) is 38.1 Å². The number of hydrogen-bond donors (Lipinski definition) is 0. The van der Waals surface area contributed by atoms with Gasteiger partial charge < -0.3 is 24.0 Å². The Balaban J connectivity index is 0.00000208. The SMILES string of the molecule is Cc1cccnc1-c1[c-]c(Oc2[c-]c3c(cc2)c2ccc(Oc4[c-]c(-c5ncccc5C)ccc4)[c-]c2n3-c2ncccn2)ccc1.[Pd+2].[Pd+2]. The van der Waals surface area contributed by atoms with Crippen molar-refractivity contribution in [2.45, 2.75) is 13.8 Å². The predicted octanol–water partition coefficient (Wildman–Crippen LogP) is 9.09. The van der Waals surface area contributed by atoms with Crippen LogP contribution >= 0.6 is 0 Å². The molecular weight excluding hydrogens is 795 g/mol. The van der Waals surface area contributed by atoms with E-state index in [9.17, 15) is 0 Å².